The minimum Gasteiger partial charge on any atom is -0.314 e. The minimum absolute atomic E-state index is 0.543. The lowest BCUT2D eigenvalue weighted by molar-refractivity contribution is 0.786. The molecule has 1 aromatic heterocycles. The summed E-state index contributed by atoms with van der Waals surface area (Å²) in [5.41, 5.74) is 32.2. The molecule has 0 N–H and O–H groups in total. The third kappa shape index (κ3) is 5.93. The summed E-state index contributed by atoms with van der Waals surface area (Å²) in [5.74, 6) is 0. The highest BCUT2D eigenvalue weighted by Gasteiger charge is 2.55. The molecule has 0 radical (unpaired) electrons. The molecule has 0 unspecified atom stereocenters. The molecule has 82 heavy (non-hydrogen) atoms. The zero-order valence-electron chi connectivity index (χ0n) is 45.0. The van der Waals surface area contributed by atoms with Gasteiger partial charge in [0.15, 0.2) is 0 Å². The van der Waals surface area contributed by atoms with Gasteiger partial charge < -0.3 is 9.47 Å². The number of benzene rings is 12. The van der Waals surface area contributed by atoms with Crippen LogP contribution in [0.1, 0.15) is 62.9 Å². The summed E-state index contributed by atoms with van der Waals surface area (Å²) in [4.78, 5) is 2.67. The molecular formula is C80H52N2. The Morgan fingerprint density at radius 1 is 0.317 bits per heavy atom. The van der Waals surface area contributed by atoms with E-state index in [-0.39, 0.29) is 0 Å². The smallest absolute Gasteiger partial charge is 0.0746 e. The molecule has 0 fully saturated rings. The molecule has 2 spiro atoms. The lowest BCUT2D eigenvalue weighted by Crippen LogP contribution is -2.30. The van der Waals surface area contributed by atoms with Crippen molar-refractivity contribution >= 4 is 38.8 Å². The molecule has 0 amide bonds. The van der Waals surface area contributed by atoms with Crippen LogP contribution in [0, 0.1) is 0 Å². The van der Waals surface area contributed by atoms with Crippen LogP contribution < -0.4 is 4.90 Å². The molecule has 2 nitrogen and oxygen atoms in total. The van der Waals surface area contributed by atoms with Crippen molar-refractivity contribution in [2.24, 2.45) is 0 Å². The van der Waals surface area contributed by atoms with E-state index >= 15 is 0 Å². The fourth-order valence-corrected chi connectivity index (χ4v) is 16.0. The van der Waals surface area contributed by atoms with Crippen molar-refractivity contribution in [3.63, 3.8) is 0 Å². The van der Waals surface area contributed by atoms with Crippen molar-refractivity contribution in [2.75, 3.05) is 4.90 Å². The van der Waals surface area contributed by atoms with Gasteiger partial charge in [0.05, 0.1) is 27.6 Å². The van der Waals surface area contributed by atoms with Gasteiger partial charge in [-0.05, 0) is 173 Å². The first kappa shape index (κ1) is 45.6. The van der Waals surface area contributed by atoms with E-state index in [1.807, 2.05) is 0 Å². The highest BCUT2D eigenvalue weighted by molar-refractivity contribution is 6.16. The standard InChI is InChI=1S/C80H52N2/c1-3-21-51(22-4-1)52-41-44-55(45-42-52)81(76-40-20-32-65-62-29-11-17-37-71(62)80(78(65)76)69-35-15-9-27-60(69)61-28-10-16-36-70(61)80)56-46-48-64-63-47-43-53(49-72(63)79(73(64)50-56)67-33-13-7-25-58(67)59-26-8-14-34-68(59)79)57-31-19-39-75-77(57)66-30-12-18-38-74(66)82(75)54-23-5-2-6-24-54/h1-41,43-44,46-50H,42,45H2. The summed E-state index contributed by atoms with van der Waals surface area (Å²) in [7, 11) is 0. The Hall–Kier alpha value is -10.3. The lowest BCUT2D eigenvalue weighted by Gasteiger charge is -2.38. The Kier molecular flexibility index (Phi) is 9.51. The van der Waals surface area contributed by atoms with E-state index in [9.17, 15) is 0 Å². The lowest BCUT2D eigenvalue weighted by atomic mass is 9.69. The summed E-state index contributed by atoms with van der Waals surface area (Å²) in [6.07, 6.45) is 6.62. The van der Waals surface area contributed by atoms with Gasteiger partial charge >= 0.3 is 0 Å². The summed E-state index contributed by atoms with van der Waals surface area (Å²) in [5, 5.41) is 2.52. The first-order valence-electron chi connectivity index (χ1n) is 29.0. The van der Waals surface area contributed by atoms with Crippen LogP contribution in [0.3, 0.4) is 0 Å². The summed E-state index contributed by atoms with van der Waals surface area (Å²) in [6.45, 7) is 0. The van der Waals surface area contributed by atoms with Crippen LogP contribution in [0.4, 0.5) is 11.4 Å². The maximum atomic E-state index is 2.67. The van der Waals surface area contributed by atoms with Crippen LogP contribution in [-0.4, -0.2) is 4.57 Å². The Labute approximate surface area is 477 Å². The van der Waals surface area contributed by atoms with Crippen LogP contribution in [0.15, 0.2) is 297 Å². The SMILES string of the molecule is C1=C(c2ccccc2)CCC(N(c2ccc3c(c2)C2(c4ccccc4-c4ccccc42)c2cc(-c4cccc5c4c4ccccc4n5-c4ccccc4)ccc2-3)c2cccc3c2C2(c4ccccc4-c4ccccc42)c2ccccc2-3)=C1. The van der Waals surface area contributed by atoms with E-state index in [0.29, 0.717) is 0 Å². The van der Waals surface area contributed by atoms with E-state index in [4.69, 9.17) is 0 Å². The third-order valence-electron chi connectivity index (χ3n) is 19.1. The second-order valence-corrected chi connectivity index (χ2v) is 22.9. The van der Waals surface area contributed by atoms with Gasteiger partial charge in [0, 0.05) is 33.4 Å². The Morgan fingerprint density at radius 2 is 0.805 bits per heavy atom. The van der Waals surface area contributed by atoms with Gasteiger partial charge in [-0.3, -0.25) is 0 Å². The van der Waals surface area contributed by atoms with Crippen LogP contribution in [0.5, 0.6) is 0 Å². The Balaban J connectivity index is 0.902. The second-order valence-electron chi connectivity index (χ2n) is 22.9. The van der Waals surface area contributed by atoms with Gasteiger partial charge in [0.2, 0.25) is 0 Å². The number of allylic oxidation sites excluding steroid dienone is 4. The topological polar surface area (TPSA) is 8.17 Å². The molecule has 0 aliphatic heterocycles. The van der Waals surface area contributed by atoms with Gasteiger partial charge in [-0.1, -0.05) is 237 Å². The molecule has 0 saturated heterocycles. The monoisotopic (exact) mass is 1040 g/mol. The summed E-state index contributed by atoms with van der Waals surface area (Å²) >= 11 is 0. The van der Waals surface area contributed by atoms with Crippen molar-refractivity contribution in [1.82, 2.24) is 4.57 Å². The molecule has 5 aliphatic rings. The Morgan fingerprint density at radius 3 is 1.44 bits per heavy atom. The van der Waals surface area contributed by atoms with Crippen LogP contribution in [-0.2, 0) is 10.8 Å². The van der Waals surface area contributed by atoms with Gasteiger partial charge in [-0.15, -0.1) is 0 Å². The molecule has 12 aromatic carbocycles. The first-order chi connectivity index (χ1) is 40.7. The first-order valence-corrected chi connectivity index (χ1v) is 29.0. The molecule has 0 bridgehead atoms. The predicted octanol–water partition coefficient (Wildman–Crippen LogP) is 20.0. The molecule has 5 aliphatic carbocycles. The molecule has 2 heteroatoms. The van der Waals surface area contributed by atoms with E-state index in [1.54, 1.807) is 0 Å². The van der Waals surface area contributed by atoms with E-state index in [2.05, 4.69) is 301 Å². The van der Waals surface area contributed by atoms with Gasteiger partial charge in [-0.25, -0.2) is 0 Å². The second kappa shape index (κ2) is 17.1. The molecule has 18 rings (SSSR count). The van der Waals surface area contributed by atoms with Crippen LogP contribution in [0.25, 0.3) is 88.7 Å². The highest BCUT2D eigenvalue weighted by Crippen LogP contribution is 2.67. The predicted molar refractivity (Wildman–Crippen MR) is 339 cm³/mol. The van der Waals surface area contributed by atoms with Crippen molar-refractivity contribution in [1.29, 1.82) is 0 Å². The largest absolute Gasteiger partial charge is 0.314 e. The zero-order chi connectivity index (χ0) is 53.7. The minimum atomic E-state index is -0.609. The molecule has 13 aromatic rings. The average Bonchev–Trinajstić information content (AvgIpc) is 1.65. The number of anilines is 2. The number of rotatable bonds is 6. The highest BCUT2D eigenvalue weighted by atomic mass is 15.2. The molecule has 0 atom stereocenters. The molecule has 0 saturated carbocycles. The van der Waals surface area contributed by atoms with Crippen LogP contribution >= 0.6 is 0 Å². The third-order valence-corrected chi connectivity index (χ3v) is 19.1. The fraction of sp³-hybridized carbons (Fsp3) is 0.0500. The normalized spacial score (nSPS) is 14.8. The molecule has 1 heterocycles. The summed E-state index contributed by atoms with van der Waals surface area (Å²) < 4.78 is 2.43. The van der Waals surface area contributed by atoms with Crippen molar-refractivity contribution in [3.05, 3.63) is 347 Å². The zero-order valence-corrected chi connectivity index (χ0v) is 45.0. The Bertz CT molecular complexity index is 4820. The van der Waals surface area contributed by atoms with E-state index in [1.165, 1.54) is 144 Å². The fourth-order valence-electron chi connectivity index (χ4n) is 16.0. The molecule has 382 valence electrons. The number of hydrogen-bond acceptors (Lipinski definition) is 1. The number of fused-ring (bicyclic) bond motifs is 23. The number of hydrogen-bond donors (Lipinski definition) is 0. The summed E-state index contributed by atoms with van der Waals surface area (Å²) in [6, 6.07) is 106. The van der Waals surface area contributed by atoms with E-state index in [0.717, 1.165) is 24.2 Å². The number of aromatic nitrogens is 1. The quantitative estimate of drug-likeness (QED) is 0.161. The van der Waals surface area contributed by atoms with Crippen molar-refractivity contribution in [2.45, 2.75) is 23.7 Å². The number of nitrogens with zero attached hydrogens (tertiary/aromatic N) is 2. The van der Waals surface area contributed by atoms with Gasteiger partial charge in [-0.2, -0.15) is 0 Å². The van der Waals surface area contributed by atoms with E-state index < -0.39 is 10.8 Å². The van der Waals surface area contributed by atoms with Gasteiger partial charge in [0.25, 0.3) is 0 Å². The van der Waals surface area contributed by atoms with Crippen molar-refractivity contribution < 1.29 is 0 Å². The average molecular weight is 1040 g/mol. The number of para-hydroxylation sites is 2. The molecular weight excluding hydrogens is 989 g/mol. The van der Waals surface area contributed by atoms with Crippen LogP contribution in [0.2, 0.25) is 0 Å². The van der Waals surface area contributed by atoms with Crippen molar-refractivity contribution in [3.8, 4) is 61.3 Å². The maximum Gasteiger partial charge on any atom is 0.0746 e. The van der Waals surface area contributed by atoms with Gasteiger partial charge in [0.1, 0.15) is 0 Å². The maximum absolute atomic E-state index is 2.67.